The van der Waals surface area contributed by atoms with Crippen molar-refractivity contribution in [2.45, 2.75) is 19.3 Å². The molecule has 1 aliphatic carbocycles. The van der Waals surface area contributed by atoms with Crippen LogP contribution >= 0.6 is 0 Å². The molecule has 0 atom stereocenters. The fraction of sp³-hybridized carbons (Fsp3) is 0.148. The van der Waals surface area contributed by atoms with E-state index in [0.29, 0.717) is 23.4 Å². The maximum Gasteiger partial charge on any atom is 0.152 e. The number of hydrogen-bond donors (Lipinski definition) is 2. The predicted octanol–water partition coefficient (Wildman–Crippen LogP) is 5.56. The summed E-state index contributed by atoms with van der Waals surface area (Å²) in [7, 11) is 1.92. The maximum atomic E-state index is 14.6. The van der Waals surface area contributed by atoms with Crippen LogP contribution in [0.25, 0.3) is 5.70 Å². The minimum Gasteiger partial charge on any atom is -0.399 e. The standard InChI is InChI=1S/C27H27FN4/c1-3-22(15-19-11-7-8-12-19)30-27-25(16-20-9-5-4-6-10-20)31-26(18-32(27)2)23-17-21(29)13-14-24(23)28/h3-11,13-14,17-18,31H,1,12,15-16,29H2,2H3/b30-22+. The number of hydrogen-bond acceptors (Lipinski definition) is 4. The lowest BCUT2D eigenvalue weighted by atomic mass is 10.1. The number of nitrogen functional groups attached to an aromatic ring is 1. The molecule has 4 nitrogen and oxygen atoms in total. The first-order valence-electron chi connectivity index (χ1n) is 10.6. The smallest absolute Gasteiger partial charge is 0.152 e. The Hall–Kier alpha value is -3.86. The first-order chi connectivity index (χ1) is 15.5. The molecule has 0 amide bonds. The Bertz CT molecular complexity index is 1170. The first-order valence-corrected chi connectivity index (χ1v) is 10.6. The molecule has 2 aromatic rings. The van der Waals surface area contributed by atoms with Gasteiger partial charge in [0.2, 0.25) is 0 Å². The lowest BCUT2D eigenvalue weighted by Gasteiger charge is -2.29. The van der Waals surface area contributed by atoms with E-state index in [-0.39, 0.29) is 5.82 Å². The van der Waals surface area contributed by atoms with Gasteiger partial charge in [0.05, 0.1) is 11.4 Å². The van der Waals surface area contributed by atoms with Gasteiger partial charge in [0, 0.05) is 43.1 Å². The van der Waals surface area contributed by atoms with Crippen molar-refractivity contribution >= 4 is 17.1 Å². The molecule has 162 valence electrons. The van der Waals surface area contributed by atoms with E-state index < -0.39 is 0 Å². The zero-order valence-corrected chi connectivity index (χ0v) is 18.2. The average Bonchev–Trinajstić information content (AvgIpc) is 3.30. The zero-order chi connectivity index (χ0) is 22.5. The van der Waals surface area contributed by atoms with E-state index in [2.05, 4.69) is 42.3 Å². The highest BCUT2D eigenvalue weighted by molar-refractivity contribution is 5.97. The number of rotatable bonds is 7. The van der Waals surface area contributed by atoms with Crippen LogP contribution in [0.15, 0.2) is 108 Å². The van der Waals surface area contributed by atoms with E-state index in [1.807, 2.05) is 36.3 Å². The van der Waals surface area contributed by atoms with Crippen molar-refractivity contribution in [3.63, 3.8) is 0 Å². The van der Waals surface area contributed by atoms with Crippen molar-refractivity contribution in [3.05, 3.63) is 120 Å². The third-order valence-electron chi connectivity index (χ3n) is 5.46. The van der Waals surface area contributed by atoms with E-state index in [1.165, 1.54) is 11.6 Å². The highest BCUT2D eigenvalue weighted by atomic mass is 19.1. The van der Waals surface area contributed by atoms with Crippen LogP contribution in [0.5, 0.6) is 0 Å². The number of allylic oxidation sites excluding steroid dienone is 6. The number of benzene rings is 2. The molecule has 0 spiro atoms. The Morgan fingerprint density at radius 2 is 2.06 bits per heavy atom. The molecular weight excluding hydrogens is 399 g/mol. The van der Waals surface area contributed by atoms with Crippen LogP contribution in [0.4, 0.5) is 10.1 Å². The summed E-state index contributed by atoms with van der Waals surface area (Å²) in [6, 6.07) is 14.7. The van der Waals surface area contributed by atoms with Crippen molar-refractivity contribution < 1.29 is 4.39 Å². The van der Waals surface area contributed by atoms with Crippen LogP contribution in [-0.2, 0) is 6.42 Å². The van der Waals surface area contributed by atoms with Crippen LogP contribution in [0.2, 0.25) is 0 Å². The summed E-state index contributed by atoms with van der Waals surface area (Å²) >= 11 is 0. The van der Waals surface area contributed by atoms with Gasteiger partial charge in [0.1, 0.15) is 5.82 Å². The predicted molar refractivity (Wildman–Crippen MR) is 131 cm³/mol. The van der Waals surface area contributed by atoms with Gasteiger partial charge in [-0.1, -0.05) is 60.7 Å². The van der Waals surface area contributed by atoms with Gasteiger partial charge in [0.25, 0.3) is 0 Å². The van der Waals surface area contributed by atoms with Gasteiger partial charge in [-0.25, -0.2) is 9.38 Å². The van der Waals surface area contributed by atoms with E-state index in [0.717, 1.165) is 35.6 Å². The molecule has 0 saturated carbocycles. The Balaban J connectivity index is 1.72. The van der Waals surface area contributed by atoms with Crippen LogP contribution in [0, 0.1) is 5.82 Å². The summed E-state index contributed by atoms with van der Waals surface area (Å²) in [4.78, 5) is 6.88. The summed E-state index contributed by atoms with van der Waals surface area (Å²) < 4.78 is 14.6. The molecule has 0 saturated heterocycles. The summed E-state index contributed by atoms with van der Waals surface area (Å²) in [6.07, 6.45) is 12.3. The van der Waals surface area contributed by atoms with E-state index in [9.17, 15) is 4.39 Å². The van der Waals surface area contributed by atoms with Crippen molar-refractivity contribution in [1.82, 2.24) is 10.2 Å². The first kappa shape index (κ1) is 21.4. The van der Waals surface area contributed by atoms with Crippen LogP contribution in [0.1, 0.15) is 24.0 Å². The molecule has 5 heteroatoms. The minimum absolute atomic E-state index is 0.329. The highest BCUT2D eigenvalue weighted by Crippen LogP contribution is 2.28. The van der Waals surface area contributed by atoms with Gasteiger partial charge in [0.15, 0.2) is 5.82 Å². The number of nitrogens with zero attached hydrogens (tertiary/aromatic N) is 2. The van der Waals surface area contributed by atoms with E-state index in [1.54, 1.807) is 18.2 Å². The lowest BCUT2D eigenvalue weighted by Crippen LogP contribution is -2.28. The second-order valence-electron chi connectivity index (χ2n) is 7.92. The van der Waals surface area contributed by atoms with Crippen LogP contribution in [-0.4, -0.2) is 17.7 Å². The molecule has 4 rings (SSSR count). The second-order valence-corrected chi connectivity index (χ2v) is 7.92. The Morgan fingerprint density at radius 1 is 1.25 bits per heavy atom. The largest absolute Gasteiger partial charge is 0.399 e. The normalized spacial score (nSPS) is 16.1. The molecular formula is C27H27FN4. The van der Waals surface area contributed by atoms with Crippen molar-refractivity contribution in [2.75, 3.05) is 12.8 Å². The number of halogens is 1. The highest BCUT2D eigenvalue weighted by Gasteiger charge is 2.21. The van der Waals surface area contributed by atoms with Gasteiger partial charge >= 0.3 is 0 Å². The maximum absolute atomic E-state index is 14.6. The number of aliphatic imine (C=N–C) groups is 1. The fourth-order valence-corrected chi connectivity index (χ4v) is 3.82. The van der Waals surface area contributed by atoms with Crippen molar-refractivity contribution in [3.8, 4) is 0 Å². The Kier molecular flexibility index (Phi) is 6.36. The molecule has 0 unspecified atom stereocenters. The average molecular weight is 427 g/mol. The summed E-state index contributed by atoms with van der Waals surface area (Å²) in [5.74, 6) is 0.452. The summed E-state index contributed by atoms with van der Waals surface area (Å²) in [6.45, 7) is 3.97. The molecule has 0 radical (unpaired) electrons. The van der Waals surface area contributed by atoms with Gasteiger partial charge in [-0.3, -0.25) is 0 Å². The number of nitrogens with one attached hydrogen (secondary N) is 1. The lowest BCUT2D eigenvalue weighted by molar-refractivity contribution is 0.529. The van der Waals surface area contributed by atoms with E-state index >= 15 is 0 Å². The number of nitrogens with two attached hydrogens (primary N) is 1. The molecule has 2 aliphatic rings. The number of anilines is 1. The zero-order valence-electron chi connectivity index (χ0n) is 18.2. The van der Waals surface area contributed by atoms with E-state index in [4.69, 9.17) is 10.7 Å². The van der Waals surface area contributed by atoms with Gasteiger partial charge < -0.3 is 16.0 Å². The monoisotopic (exact) mass is 426 g/mol. The molecule has 2 aromatic carbocycles. The molecule has 0 aromatic heterocycles. The minimum atomic E-state index is -0.329. The fourth-order valence-electron chi connectivity index (χ4n) is 3.82. The summed E-state index contributed by atoms with van der Waals surface area (Å²) in [5.41, 5.74) is 11.7. The SMILES string of the molecule is C=C/C(CC1=CC=CC1)=N\C1=C(Cc2ccccc2)NC(c2cc(N)ccc2F)=CN1C. The third kappa shape index (κ3) is 4.89. The molecule has 0 fully saturated rings. The van der Waals surface area contributed by atoms with Crippen molar-refractivity contribution in [2.24, 2.45) is 4.99 Å². The molecule has 32 heavy (non-hydrogen) atoms. The topological polar surface area (TPSA) is 53.6 Å². The molecule has 1 heterocycles. The third-order valence-corrected chi connectivity index (χ3v) is 5.46. The quantitative estimate of drug-likeness (QED) is 0.450. The Labute approximate surface area is 188 Å². The van der Waals surface area contributed by atoms with Gasteiger partial charge in [-0.05, 0) is 36.3 Å². The Morgan fingerprint density at radius 3 is 2.78 bits per heavy atom. The molecule has 0 bridgehead atoms. The summed E-state index contributed by atoms with van der Waals surface area (Å²) in [5, 5.41) is 3.43. The molecule has 1 aliphatic heterocycles. The second kappa shape index (κ2) is 9.52. The van der Waals surface area contributed by atoms with Gasteiger partial charge in [-0.2, -0.15) is 0 Å². The van der Waals surface area contributed by atoms with Gasteiger partial charge in [-0.15, -0.1) is 0 Å². The van der Waals surface area contributed by atoms with Crippen LogP contribution in [0.3, 0.4) is 0 Å². The molecule has 3 N–H and O–H groups in total. The van der Waals surface area contributed by atoms with Crippen molar-refractivity contribution in [1.29, 1.82) is 0 Å². The van der Waals surface area contributed by atoms with Crippen LogP contribution < -0.4 is 11.1 Å².